The lowest BCUT2D eigenvalue weighted by atomic mass is 9.80. The summed E-state index contributed by atoms with van der Waals surface area (Å²) in [4.78, 5) is 13.1. The lowest BCUT2D eigenvalue weighted by Crippen LogP contribution is -2.42. The Morgan fingerprint density at radius 3 is 2.41 bits per heavy atom. The molecule has 3 rings (SSSR count). The molecule has 1 amide bonds. The number of ether oxygens (including phenoxy) is 1. The van der Waals surface area contributed by atoms with Crippen LogP contribution in [-0.4, -0.2) is 37.6 Å². The summed E-state index contributed by atoms with van der Waals surface area (Å²) in [6.45, 7) is 5.55. The number of hydrogen-bond acceptors (Lipinski definition) is 3. The molecule has 1 aliphatic rings. The fourth-order valence-corrected chi connectivity index (χ4v) is 4.14. The van der Waals surface area contributed by atoms with Crippen LogP contribution in [0.25, 0.3) is 0 Å². The van der Waals surface area contributed by atoms with E-state index in [-0.39, 0.29) is 24.2 Å². The number of likely N-dealkylation sites (tertiary alicyclic amines) is 1. The van der Waals surface area contributed by atoms with Crippen LogP contribution in [-0.2, 0) is 11.0 Å². The molecular weight excluding hydrogens is 441 g/mol. The Labute approximate surface area is 193 Å². The number of anilines is 1. The summed E-state index contributed by atoms with van der Waals surface area (Å²) in [6, 6.07) is 12.7. The van der Waals surface area contributed by atoms with E-state index >= 15 is 0 Å². The van der Waals surface area contributed by atoms with Crippen LogP contribution in [0, 0.1) is 5.92 Å². The first-order valence-electron chi connectivity index (χ1n) is 10.7. The Balaban J connectivity index is 0.00000363. The average Bonchev–Trinajstić information content (AvgIpc) is 2.77. The summed E-state index contributed by atoms with van der Waals surface area (Å²) in [5.41, 5.74) is 1.26. The molecule has 8 heteroatoms. The second-order valence-corrected chi connectivity index (χ2v) is 8.03. The van der Waals surface area contributed by atoms with Gasteiger partial charge in [-0.05, 0) is 73.8 Å². The van der Waals surface area contributed by atoms with Crippen molar-refractivity contribution in [2.24, 2.45) is 5.92 Å². The zero-order valence-corrected chi connectivity index (χ0v) is 18.9. The van der Waals surface area contributed by atoms with Crippen molar-refractivity contribution in [3.63, 3.8) is 0 Å². The number of amides is 1. The van der Waals surface area contributed by atoms with Gasteiger partial charge in [-0.15, -0.1) is 12.4 Å². The highest BCUT2D eigenvalue weighted by molar-refractivity contribution is 5.85. The minimum atomic E-state index is -4.35. The zero-order valence-electron chi connectivity index (χ0n) is 18.1. The highest BCUT2D eigenvalue weighted by atomic mass is 35.5. The number of piperidine rings is 1. The van der Waals surface area contributed by atoms with E-state index in [9.17, 15) is 18.0 Å². The quantitative estimate of drug-likeness (QED) is 0.458. The van der Waals surface area contributed by atoms with E-state index in [1.54, 1.807) is 0 Å². The van der Waals surface area contributed by atoms with Crippen LogP contribution >= 0.6 is 12.4 Å². The average molecular weight is 471 g/mol. The van der Waals surface area contributed by atoms with E-state index < -0.39 is 11.7 Å². The predicted octanol–water partition coefficient (Wildman–Crippen LogP) is 5.98. The molecule has 176 valence electrons. The van der Waals surface area contributed by atoms with Crippen LogP contribution in [0.15, 0.2) is 48.5 Å². The van der Waals surface area contributed by atoms with Crippen LogP contribution in [0.1, 0.15) is 43.2 Å². The van der Waals surface area contributed by atoms with E-state index in [2.05, 4.69) is 17.1 Å². The number of carbonyl (C=O) groups excluding carboxylic acids is 1. The van der Waals surface area contributed by atoms with Gasteiger partial charge in [0.15, 0.2) is 0 Å². The number of rotatable bonds is 9. The smallest absolute Gasteiger partial charge is 0.416 e. The molecule has 0 radical (unpaired) electrons. The van der Waals surface area contributed by atoms with Gasteiger partial charge in [-0.25, -0.2) is 0 Å². The third kappa shape index (κ3) is 7.14. The van der Waals surface area contributed by atoms with E-state index in [1.165, 1.54) is 17.7 Å². The molecule has 2 atom stereocenters. The van der Waals surface area contributed by atoms with Crippen molar-refractivity contribution in [1.82, 2.24) is 4.90 Å². The first kappa shape index (κ1) is 26.0. The molecule has 0 spiro atoms. The SMILES string of the molecule is CCCCN1CC[C@H](c2ccc(NC=O)cc2)[C@@H](COc2ccc(C(F)(F)F)cc2)C1.Cl. The maximum Gasteiger partial charge on any atom is 0.416 e. The Morgan fingerprint density at radius 1 is 1.12 bits per heavy atom. The fraction of sp³-hybridized carbons (Fsp3) is 0.458. The summed E-state index contributed by atoms with van der Waals surface area (Å²) in [6.07, 6.45) is -0.425. The Kier molecular flexibility index (Phi) is 9.84. The van der Waals surface area contributed by atoms with Crippen molar-refractivity contribution in [2.75, 3.05) is 31.6 Å². The summed E-state index contributed by atoms with van der Waals surface area (Å²) in [7, 11) is 0. The van der Waals surface area contributed by atoms with Gasteiger partial charge in [0.1, 0.15) is 5.75 Å². The number of unbranched alkanes of at least 4 members (excludes halogenated alkanes) is 1. The van der Waals surface area contributed by atoms with E-state index in [0.29, 0.717) is 18.8 Å². The van der Waals surface area contributed by atoms with Crippen molar-refractivity contribution < 1.29 is 22.7 Å². The van der Waals surface area contributed by atoms with Gasteiger partial charge in [-0.1, -0.05) is 25.5 Å². The predicted molar refractivity (Wildman–Crippen MR) is 123 cm³/mol. The van der Waals surface area contributed by atoms with Crippen LogP contribution in [0.3, 0.4) is 0 Å². The van der Waals surface area contributed by atoms with Gasteiger partial charge in [-0.3, -0.25) is 4.79 Å². The number of hydrogen-bond donors (Lipinski definition) is 1. The number of nitrogens with one attached hydrogen (secondary N) is 1. The molecule has 1 fully saturated rings. The molecule has 4 nitrogen and oxygen atoms in total. The molecule has 2 aromatic carbocycles. The van der Waals surface area contributed by atoms with Gasteiger partial charge in [0.05, 0.1) is 12.2 Å². The highest BCUT2D eigenvalue weighted by Gasteiger charge is 2.32. The minimum absolute atomic E-state index is 0. The highest BCUT2D eigenvalue weighted by Crippen LogP contribution is 2.35. The van der Waals surface area contributed by atoms with Crippen LogP contribution in [0.2, 0.25) is 0 Å². The molecule has 0 aromatic heterocycles. The molecule has 0 bridgehead atoms. The standard InChI is InChI=1S/C24H29F3N2O2.ClH/c1-2-3-13-29-14-12-23(18-4-8-21(9-5-18)28-17-30)19(15-29)16-31-22-10-6-20(7-11-22)24(25,26)27;/h4-11,17,19,23H,2-3,12-16H2,1H3,(H,28,30);1H/t19-,23-;/m1./s1. The topological polar surface area (TPSA) is 41.6 Å². The summed E-state index contributed by atoms with van der Waals surface area (Å²) < 4.78 is 44.3. The van der Waals surface area contributed by atoms with Crippen LogP contribution in [0.4, 0.5) is 18.9 Å². The Bertz CT molecular complexity index is 829. The fourth-order valence-electron chi connectivity index (χ4n) is 4.14. The largest absolute Gasteiger partial charge is 0.493 e. The number of nitrogens with zero attached hydrogens (tertiary/aromatic N) is 1. The van der Waals surface area contributed by atoms with Gasteiger partial charge in [-0.2, -0.15) is 13.2 Å². The van der Waals surface area contributed by atoms with E-state index in [0.717, 1.165) is 56.7 Å². The monoisotopic (exact) mass is 470 g/mol. The summed E-state index contributed by atoms with van der Waals surface area (Å²) in [5.74, 6) is 0.957. The molecular formula is C24H30ClF3N2O2. The molecule has 0 aliphatic carbocycles. The van der Waals surface area contributed by atoms with Gasteiger partial charge in [0.2, 0.25) is 6.41 Å². The third-order valence-electron chi connectivity index (χ3n) is 5.86. The van der Waals surface area contributed by atoms with Crippen molar-refractivity contribution >= 4 is 24.5 Å². The first-order valence-corrected chi connectivity index (χ1v) is 10.7. The first-order chi connectivity index (χ1) is 14.9. The number of halogens is 4. The lowest BCUT2D eigenvalue weighted by Gasteiger charge is -2.39. The molecule has 2 aromatic rings. The molecule has 32 heavy (non-hydrogen) atoms. The van der Waals surface area contributed by atoms with Crippen LogP contribution in [0.5, 0.6) is 5.75 Å². The van der Waals surface area contributed by atoms with Crippen molar-refractivity contribution in [3.8, 4) is 5.75 Å². The van der Waals surface area contributed by atoms with Crippen molar-refractivity contribution in [2.45, 2.75) is 38.3 Å². The van der Waals surface area contributed by atoms with Gasteiger partial charge >= 0.3 is 6.18 Å². The molecule has 1 aliphatic heterocycles. The van der Waals surface area contributed by atoms with E-state index in [4.69, 9.17) is 4.74 Å². The normalized spacial score (nSPS) is 19.1. The van der Waals surface area contributed by atoms with E-state index in [1.807, 2.05) is 24.3 Å². The van der Waals surface area contributed by atoms with Crippen LogP contribution < -0.4 is 10.1 Å². The Hall–Kier alpha value is -2.25. The van der Waals surface area contributed by atoms with Crippen molar-refractivity contribution in [3.05, 3.63) is 59.7 Å². The molecule has 0 saturated carbocycles. The summed E-state index contributed by atoms with van der Waals surface area (Å²) >= 11 is 0. The number of benzene rings is 2. The number of carbonyl (C=O) groups is 1. The second-order valence-electron chi connectivity index (χ2n) is 8.03. The molecule has 1 saturated heterocycles. The summed E-state index contributed by atoms with van der Waals surface area (Å²) in [5, 5.41) is 2.65. The second kappa shape index (κ2) is 12.1. The maximum atomic E-state index is 12.8. The van der Waals surface area contributed by atoms with Gasteiger partial charge in [0, 0.05) is 18.2 Å². The van der Waals surface area contributed by atoms with Gasteiger partial charge < -0.3 is 15.0 Å². The lowest BCUT2D eigenvalue weighted by molar-refractivity contribution is -0.137. The molecule has 1 N–H and O–H groups in total. The van der Waals surface area contributed by atoms with Gasteiger partial charge in [0.25, 0.3) is 0 Å². The minimum Gasteiger partial charge on any atom is -0.493 e. The van der Waals surface area contributed by atoms with Crippen molar-refractivity contribution in [1.29, 1.82) is 0 Å². The number of alkyl halides is 3. The third-order valence-corrected chi connectivity index (χ3v) is 5.86. The maximum absolute atomic E-state index is 12.8. The Morgan fingerprint density at radius 2 is 1.81 bits per heavy atom. The molecule has 1 heterocycles. The zero-order chi connectivity index (χ0) is 22.3. The molecule has 0 unspecified atom stereocenters.